The number of hydrogen-bond donors (Lipinski definition) is 1. The molecule has 3 rings (SSSR count). The number of carbonyl (C=O) groups is 2. The fraction of sp³-hybridized carbons (Fsp3) is 0.333. The van der Waals surface area contributed by atoms with Gasteiger partial charge in [0.25, 0.3) is 10.0 Å². The van der Waals surface area contributed by atoms with Crippen LogP contribution in [0.1, 0.15) is 44.7 Å². The summed E-state index contributed by atoms with van der Waals surface area (Å²) < 4.78 is 28.9. The van der Waals surface area contributed by atoms with Crippen molar-refractivity contribution in [1.82, 2.24) is 10.2 Å². The van der Waals surface area contributed by atoms with Gasteiger partial charge in [-0.3, -0.25) is 13.9 Å². The molecule has 0 saturated carbocycles. The SMILES string of the molecule is CC[C@H](C(=O)N[C@@H](C)CC)N(Cc1ccc(Cl)c(Cl)c1)C(=O)CN(c1cccc(Cl)c1Cl)S(=O)(=O)c1ccc(C)cc1. The monoisotopic (exact) mass is 671 g/mol. The number of carbonyl (C=O) groups excluding carboxylic acids is 2. The highest BCUT2D eigenvalue weighted by Crippen LogP contribution is 2.36. The molecule has 3 aromatic carbocycles. The Bertz CT molecular complexity index is 1530. The van der Waals surface area contributed by atoms with Gasteiger partial charge in [-0.15, -0.1) is 0 Å². The molecule has 12 heteroatoms. The van der Waals surface area contributed by atoms with Crippen LogP contribution in [0.25, 0.3) is 0 Å². The first-order valence-electron chi connectivity index (χ1n) is 13.4. The van der Waals surface area contributed by atoms with E-state index >= 15 is 0 Å². The molecule has 0 aliphatic carbocycles. The Morgan fingerprint density at radius 3 is 2.14 bits per heavy atom. The minimum absolute atomic E-state index is 0.0240. The standard InChI is InChI=1S/C30H33Cl4N3O4S/c1-5-20(4)35-30(39)26(6-2)36(17-21-12-15-23(31)25(33)16-21)28(38)18-37(27-9-7-8-24(32)29(27)34)42(40,41)22-13-10-19(3)11-14-22/h7-16,20,26H,5-6,17-18H2,1-4H3,(H,35,39)/t20-,26+/m0/s1. The molecule has 0 aromatic heterocycles. The van der Waals surface area contributed by atoms with Crippen molar-refractivity contribution in [3.8, 4) is 0 Å². The van der Waals surface area contributed by atoms with Crippen molar-refractivity contribution in [1.29, 1.82) is 0 Å². The van der Waals surface area contributed by atoms with Gasteiger partial charge in [-0.25, -0.2) is 8.42 Å². The van der Waals surface area contributed by atoms with Gasteiger partial charge in [0.05, 0.1) is 30.7 Å². The van der Waals surface area contributed by atoms with Gasteiger partial charge in [-0.2, -0.15) is 0 Å². The van der Waals surface area contributed by atoms with E-state index in [9.17, 15) is 18.0 Å². The van der Waals surface area contributed by atoms with Crippen LogP contribution in [0, 0.1) is 6.92 Å². The van der Waals surface area contributed by atoms with E-state index in [1.165, 1.54) is 29.2 Å². The largest absolute Gasteiger partial charge is 0.352 e. The Balaban J connectivity index is 2.12. The Kier molecular flexibility index (Phi) is 12.0. The van der Waals surface area contributed by atoms with E-state index < -0.39 is 28.5 Å². The molecule has 2 atom stereocenters. The van der Waals surface area contributed by atoms with Crippen molar-refractivity contribution >= 4 is 73.9 Å². The Morgan fingerprint density at radius 2 is 1.55 bits per heavy atom. The highest BCUT2D eigenvalue weighted by Gasteiger charge is 2.35. The van der Waals surface area contributed by atoms with Gasteiger partial charge in [0.2, 0.25) is 11.8 Å². The summed E-state index contributed by atoms with van der Waals surface area (Å²) in [5.74, 6) is -0.979. The molecule has 42 heavy (non-hydrogen) atoms. The van der Waals surface area contributed by atoms with Crippen LogP contribution in [0.3, 0.4) is 0 Å². The van der Waals surface area contributed by atoms with E-state index in [0.717, 1.165) is 9.87 Å². The summed E-state index contributed by atoms with van der Waals surface area (Å²) >= 11 is 25.1. The zero-order chi connectivity index (χ0) is 31.2. The van der Waals surface area contributed by atoms with Gasteiger partial charge >= 0.3 is 0 Å². The van der Waals surface area contributed by atoms with E-state index in [0.29, 0.717) is 17.0 Å². The predicted molar refractivity (Wildman–Crippen MR) is 171 cm³/mol. The number of halogens is 4. The number of benzene rings is 3. The molecule has 226 valence electrons. The van der Waals surface area contributed by atoms with Gasteiger partial charge in [0.15, 0.2) is 0 Å². The summed E-state index contributed by atoms with van der Waals surface area (Å²) in [6, 6.07) is 14.7. The summed E-state index contributed by atoms with van der Waals surface area (Å²) in [7, 11) is -4.30. The lowest BCUT2D eigenvalue weighted by Gasteiger charge is -2.34. The van der Waals surface area contributed by atoms with Crippen LogP contribution in [0.2, 0.25) is 20.1 Å². The van der Waals surface area contributed by atoms with E-state index in [-0.39, 0.29) is 50.6 Å². The maximum absolute atomic E-state index is 14.2. The van der Waals surface area contributed by atoms with Gasteiger partial charge in [0.1, 0.15) is 12.6 Å². The fourth-order valence-corrected chi connectivity index (χ4v) is 6.43. The number of anilines is 1. The van der Waals surface area contributed by atoms with Crippen LogP contribution in [-0.2, 0) is 26.2 Å². The maximum Gasteiger partial charge on any atom is 0.264 e. The second-order valence-electron chi connectivity index (χ2n) is 9.91. The van der Waals surface area contributed by atoms with Crippen LogP contribution in [0.5, 0.6) is 0 Å². The van der Waals surface area contributed by atoms with Gasteiger partial charge in [-0.05, 0) is 68.7 Å². The van der Waals surface area contributed by atoms with Crippen molar-refractivity contribution < 1.29 is 18.0 Å². The van der Waals surface area contributed by atoms with Crippen LogP contribution in [0.4, 0.5) is 5.69 Å². The van der Waals surface area contributed by atoms with Crippen molar-refractivity contribution in [3.63, 3.8) is 0 Å². The van der Waals surface area contributed by atoms with Crippen LogP contribution >= 0.6 is 46.4 Å². The molecule has 0 spiro atoms. The lowest BCUT2D eigenvalue weighted by Crippen LogP contribution is -2.53. The zero-order valence-electron chi connectivity index (χ0n) is 23.7. The molecule has 0 unspecified atom stereocenters. The fourth-order valence-electron chi connectivity index (χ4n) is 4.23. The third kappa shape index (κ3) is 8.11. The second-order valence-corrected chi connectivity index (χ2v) is 13.4. The van der Waals surface area contributed by atoms with Crippen LogP contribution in [-0.4, -0.2) is 43.8 Å². The Labute approximate surface area is 267 Å². The molecule has 3 aromatic rings. The second kappa shape index (κ2) is 14.8. The first-order chi connectivity index (χ1) is 19.8. The molecular formula is C30H33Cl4N3O4S. The summed E-state index contributed by atoms with van der Waals surface area (Å²) in [5.41, 5.74) is 1.51. The molecule has 0 aliphatic heterocycles. The summed E-state index contributed by atoms with van der Waals surface area (Å²) in [5, 5.41) is 3.65. The normalized spacial score (nSPS) is 12.9. The van der Waals surface area contributed by atoms with E-state index in [1.54, 1.807) is 43.3 Å². The van der Waals surface area contributed by atoms with Crippen LogP contribution < -0.4 is 9.62 Å². The molecule has 0 fully saturated rings. The minimum atomic E-state index is -4.30. The van der Waals surface area contributed by atoms with Crippen molar-refractivity contribution in [2.45, 2.75) is 64.1 Å². The van der Waals surface area contributed by atoms with Crippen molar-refractivity contribution in [2.24, 2.45) is 0 Å². The number of aryl methyl sites for hydroxylation is 1. The van der Waals surface area contributed by atoms with E-state index in [2.05, 4.69) is 5.32 Å². The highest BCUT2D eigenvalue weighted by molar-refractivity contribution is 7.92. The molecule has 0 bridgehead atoms. The number of amides is 2. The summed E-state index contributed by atoms with van der Waals surface area (Å²) in [6.45, 7) is 6.75. The third-order valence-corrected chi connectivity index (χ3v) is 10.1. The maximum atomic E-state index is 14.2. The highest BCUT2D eigenvalue weighted by atomic mass is 35.5. The van der Waals surface area contributed by atoms with Crippen molar-refractivity contribution in [3.05, 3.63) is 91.9 Å². The molecule has 2 amide bonds. The molecule has 0 radical (unpaired) electrons. The van der Waals surface area contributed by atoms with Crippen LogP contribution in [0.15, 0.2) is 65.6 Å². The molecule has 0 aliphatic rings. The first-order valence-corrected chi connectivity index (χ1v) is 16.3. The molecule has 0 heterocycles. The molecular weight excluding hydrogens is 640 g/mol. The van der Waals surface area contributed by atoms with Gasteiger partial charge < -0.3 is 10.2 Å². The average molecular weight is 673 g/mol. The van der Waals surface area contributed by atoms with Gasteiger partial charge in [-0.1, -0.05) is 90.1 Å². The summed E-state index contributed by atoms with van der Waals surface area (Å²) in [4.78, 5) is 28.9. The Morgan fingerprint density at radius 1 is 0.881 bits per heavy atom. The number of rotatable bonds is 12. The third-order valence-electron chi connectivity index (χ3n) is 6.81. The van der Waals surface area contributed by atoms with Gasteiger partial charge in [0, 0.05) is 12.6 Å². The lowest BCUT2D eigenvalue weighted by molar-refractivity contribution is -0.140. The lowest BCUT2D eigenvalue weighted by atomic mass is 10.1. The minimum Gasteiger partial charge on any atom is -0.352 e. The summed E-state index contributed by atoms with van der Waals surface area (Å²) in [6.07, 6.45) is 0.969. The first kappa shape index (κ1) is 34.0. The van der Waals surface area contributed by atoms with Crippen molar-refractivity contribution in [2.75, 3.05) is 10.8 Å². The van der Waals surface area contributed by atoms with E-state index in [1.807, 2.05) is 20.8 Å². The quantitative estimate of drug-likeness (QED) is 0.216. The molecule has 1 N–H and O–H groups in total. The topological polar surface area (TPSA) is 86.8 Å². The number of nitrogens with zero attached hydrogens (tertiary/aromatic N) is 2. The smallest absolute Gasteiger partial charge is 0.264 e. The molecule has 7 nitrogen and oxygen atoms in total. The average Bonchev–Trinajstić information content (AvgIpc) is 2.95. The van der Waals surface area contributed by atoms with E-state index in [4.69, 9.17) is 46.4 Å². The number of sulfonamides is 1. The number of nitrogens with one attached hydrogen (secondary N) is 1. The Hall–Kier alpha value is -2.49. The number of hydrogen-bond acceptors (Lipinski definition) is 4. The zero-order valence-corrected chi connectivity index (χ0v) is 27.5. The molecule has 0 saturated heterocycles. The predicted octanol–water partition coefficient (Wildman–Crippen LogP) is 7.53.